The molecule has 1 amide bonds. The molecule has 2 heterocycles. The average molecular weight is 468 g/mol. The molecule has 6 rings (SSSR count). The van der Waals surface area contributed by atoms with E-state index in [4.69, 9.17) is 0 Å². The zero-order valence-corrected chi connectivity index (χ0v) is 20.7. The fraction of sp³-hybridized carbons (Fsp3) is 0.452. The van der Waals surface area contributed by atoms with Crippen LogP contribution in [0.3, 0.4) is 0 Å². The van der Waals surface area contributed by atoms with Gasteiger partial charge in [0.25, 0.3) is 0 Å². The molecule has 0 bridgehead atoms. The van der Waals surface area contributed by atoms with Gasteiger partial charge in [-0.2, -0.15) is 0 Å². The Balaban J connectivity index is 1.03. The molecule has 3 aromatic carbocycles. The number of piperazine rings is 1. The third kappa shape index (κ3) is 5.00. The molecule has 3 aromatic rings. The molecule has 4 nitrogen and oxygen atoms in total. The Bertz CT molecular complexity index is 1180. The summed E-state index contributed by atoms with van der Waals surface area (Å²) >= 11 is 0. The molecule has 0 spiro atoms. The van der Waals surface area contributed by atoms with E-state index >= 15 is 0 Å². The Labute approximate surface area is 209 Å². The SMILES string of the molecule is O=C1CCC(N2CCN(C3CCc4ccccc4C3)CC2)CCN1Cc1ccc2ccccc2c1. The van der Waals surface area contributed by atoms with Gasteiger partial charge in [-0.3, -0.25) is 14.6 Å². The van der Waals surface area contributed by atoms with E-state index in [1.807, 2.05) is 0 Å². The van der Waals surface area contributed by atoms with Gasteiger partial charge in [0.2, 0.25) is 5.91 Å². The molecule has 2 atom stereocenters. The highest BCUT2D eigenvalue weighted by molar-refractivity contribution is 5.83. The minimum atomic E-state index is 0.320. The van der Waals surface area contributed by atoms with Crippen molar-refractivity contribution in [1.29, 1.82) is 0 Å². The normalized spacial score (nSPS) is 24.3. The van der Waals surface area contributed by atoms with Crippen molar-refractivity contribution in [2.45, 2.75) is 57.2 Å². The summed E-state index contributed by atoms with van der Waals surface area (Å²) in [6, 6.07) is 25.3. The number of fused-ring (bicyclic) bond motifs is 2. The Morgan fingerprint density at radius 2 is 1.34 bits per heavy atom. The first-order chi connectivity index (χ1) is 17.2. The summed E-state index contributed by atoms with van der Waals surface area (Å²) in [5.41, 5.74) is 4.34. The maximum Gasteiger partial charge on any atom is 0.222 e. The summed E-state index contributed by atoms with van der Waals surface area (Å²) in [4.78, 5) is 20.5. The van der Waals surface area contributed by atoms with Crippen LogP contribution in [0.25, 0.3) is 10.8 Å². The summed E-state index contributed by atoms with van der Waals surface area (Å²) in [5, 5.41) is 2.51. The molecular formula is C31H37N3O. The lowest BCUT2D eigenvalue weighted by atomic mass is 9.87. The Kier molecular flexibility index (Phi) is 6.58. The standard InChI is InChI=1S/C31H37N3O/c35-31-14-13-29(15-16-34(31)23-24-9-10-25-5-1-3-7-27(25)21-24)32-17-19-33(20-18-32)30-12-11-26-6-2-4-8-28(26)22-30/h1-10,21,29-30H,11-20,22-23H2. The molecule has 2 aliphatic heterocycles. The van der Waals surface area contributed by atoms with Gasteiger partial charge in [-0.15, -0.1) is 0 Å². The lowest BCUT2D eigenvalue weighted by Crippen LogP contribution is -2.54. The van der Waals surface area contributed by atoms with Gasteiger partial charge in [0.1, 0.15) is 0 Å². The van der Waals surface area contributed by atoms with Crippen molar-refractivity contribution >= 4 is 16.7 Å². The number of likely N-dealkylation sites (tertiary alicyclic amines) is 1. The molecule has 35 heavy (non-hydrogen) atoms. The van der Waals surface area contributed by atoms with Crippen molar-refractivity contribution in [3.8, 4) is 0 Å². The van der Waals surface area contributed by atoms with Crippen molar-refractivity contribution < 1.29 is 4.79 Å². The lowest BCUT2D eigenvalue weighted by Gasteiger charge is -2.43. The van der Waals surface area contributed by atoms with E-state index in [1.54, 1.807) is 11.1 Å². The van der Waals surface area contributed by atoms with Crippen LogP contribution in [-0.2, 0) is 24.2 Å². The van der Waals surface area contributed by atoms with Gasteiger partial charge in [-0.1, -0.05) is 60.7 Å². The van der Waals surface area contributed by atoms with Gasteiger partial charge in [0.15, 0.2) is 0 Å². The number of nitrogens with zero attached hydrogens (tertiary/aromatic N) is 3. The Morgan fingerprint density at radius 1 is 0.657 bits per heavy atom. The topological polar surface area (TPSA) is 26.8 Å². The highest BCUT2D eigenvalue weighted by Gasteiger charge is 2.31. The molecular weight excluding hydrogens is 430 g/mol. The van der Waals surface area contributed by atoms with Crippen LogP contribution < -0.4 is 0 Å². The molecule has 1 aliphatic carbocycles. The molecule has 2 saturated heterocycles. The van der Waals surface area contributed by atoms with Crippen LogP contribution >= 0.6 is 0 Å². The molecule has 4 heteroatoms. The summed E-state index contributed by atoms with van der Waals surface area (Å²) in [6.45, 7) is 6.21. The molecule has 0 saturated carbocycles. The Morgan fingerprint density at radius 3 is 2.17 bits per heavy atom. The van der Waals surface area contributed by atoms with E-state index in [-0.39, 0.29) is 0 Å². The number of carbonyl (C=O) groups excluding carboxylic acids is 1. The van der Waals surface area contributed by atoms with Crippen molar-refractivity contribution in [3.63, 3.8) is 0 Å². The second-order valence-electron chi connectivity index (χ2n) is 10.7. The minimum Gasteiger partial charge on any atom is -0.338 e. The fourth-order valence-corrected chi connectivity index (χ4v) is 6.57. The van der Waals surface area contributed by atoms with Gasteiger partial charge < -0.3 is 4.90 Å². The van der Waals surface area contributed by atoms with Gasteiger partial charge >= 0.3 is 0 Å². The first kappa shape index (κ1) is 22.8. The first-order valence-corrected chi connectivity index (χ1v) is 13.5. The monoisotopic (exact) mass is 467 g/mol. The molecule has 3 aliphatic rings. The maximum absolute atomic E-state index is 13.0. The zero-order chi connectivity index (χ0) is 23.6. The number of hydrogen-bond donors (Lipinski definition) is 0. The number of hydrogen-bond acceptors (Lipinski definition) is 3. The number of rotatable bonds is 4. The molecule has 0 N–H and O–H groups in total. The van der Waals surface area contributed by atoms with E-state index in [9.17, 15) is 4.79 Å². The van der Waals surface area contributed by atoms with Crippen LogP contribution in [-0.4, -0.2) is 65.4 Å². The second-order valence-corrected chi connectivity index (χ2v) is 10.7. The van der Waals surface area contributed by atoms with Crippen LogP contribution in [0, 0.1) is 0 Å². The fourth-order valence-electron chi connectivity index (χ4n) is 6.57. The minimum absolute atomic E-state index is 0.320. The quantitative estimate of drug-likeness (QED) is 0.546. The highest BCUT2D eigenvalue weighted by Crippen LogP contribution is 2.27. The largest absolute Gasteiger partial charge is 0.338 e. The highest BCUT2D eigenvalue weighted by atomic mass is 16.2. The number of carbonyl (C=O) groups is 1. The molecule has 2 unspecified atom stereocenters. The summed E-state index contributed by atoms with van der Waals surface area (Å²) in [7, 11) is 0. The van der Waals surface area contributed by atoms with E-state index in [0.717, 1.165) is 52.1 Å². The third-order valence-corrected chi connectivity index (χ3v) is 8.67. The van der Waals surface area contributed by atoms with E-state index in [1.165, 1.54) is 35.6 Å². The second kappa shape index (κ2) is 10.1. The smallest absolute Gasteiger partial charge is 0.222 e. The van der Waals surface area contributed by atoms with Gasteiger partial charge in [-0.05, 0) is 65.6 Å². The molecule has 0 radical (unpaired) electrons. The number of benzene rings is 3. The molecule has 182 valence electrons. The predicted octanol–water partition coefficient (Wildman–Crippen LogP) is 4.90. The van der Waals surface area contributed by atoms with Gasteiger partial charge in [0.05, 0.1) is 0 Å². The number of amides is 1. The summed E-state index contributed by atoms with van der Waals surface area (Å²) in [5.74, 6) is 0.320. The third-order valence-electron chi connectivity index (χ3n) is 8.67. The maximum atomic E-state index is 13.0. The van der Waals surface area contributed by atoms with E-state index in [0.29, 0.717) is 24.4 Å². The van der Waals surface area contributed by atoms with Gasteiger partial charge in [0, 0.05) is 57.8 Å². The van der Waals surface area contributed by atoms with Crippen LogP contribution in [0.1, 0.15) is 42.4 Å². The molecule has 0 aromatic heterocycles. The van der Waals surface area contributed by atoms with Crippen LogP contribution in [0.5, 0.6) is 0 Å². The van der Waals surface area contributed by atoms with E-state index in [2.05, 4.69) is 81.4 Å². The van der Waals surface area contributed by atoms with Crippen molar-refractivity contribution in [2.75, 3.05) is 32.7 Å². The lowest BCUT2D eigenvalue weighted by molar-refractivity contribution is -0.131. The average Bonchev–Trinajstić information content (AvgIpc) is 3.10. The van der Waals surface area contributed by atoms with Crippen molar-refractivity contribution in [3.05, 3.63) is 83.4 Å². The zero-order valence-electron chi connectivity index (χ0n) is 20.7. The van der Waals surface area contributed by atoms with Crippen LogP contribution in [0.2, 0.25) is 0 Å². The van der Waals surface area contributed by atoms with Crippen LogP contribution in [0.4, 0.5) is 0 Å². The van der Waals surface area contributed by atoms with Gasteiger partial charge in [-0.25, -0.2) is 0 Å². The first-order valence-electron chi connectivity index (χ1n) is 13.5. The van der Waals surface area contributed by atoms with Crippen LogP contribution in [0.15, 0.2) is 66.7 Å². The Hall–Kier alpha value is -2.69. The van der Waals surface area contributed by atoms with Crippen molar-refractivity contribution in [2.24, 2.45) is 0 Å². The number of aryl methyl sites for hydroxylation is 1. The summed E-state index contributed by atoms with van der Waals surface area (Å²) < 4.78 is 0. The van der Waals surface area contributed by atoms with Crippen molar-refractivity contribution in [1.82, 2.24) is 14.7 Å². The molecule has 2 fully saturated rings. The predicted molar refractivity (Wildman–Crippen MR) is 142 cm³/mol. The van der Waals surface area contributed by atoms with E-state index < -0.39 is 0 Å². The summed E-state index contributed by atoms with van der Waals surface area (Å²) in [6.07, 6.45) is 6.49.